The summed E-state index contributed by atoms with van der Waals surface area (Å²) >= 11 is 7.36. The molecule has 1 amide bonds. The summed E-state index contributed by atoms with van der Waals surface area (Å²) in [6, 6.07) is 0. The van der Waals surface area contributed by atoms with E-state index in [-0.39, 0.29) is 5.24 Å². The molecule has 0 aromatic heterocycles. The fourth-order valence-corrected chi connectivity index (χ4v) is 0.661. The Hall–Kier alpha value is 0.130. The second kappa shape index (κ2) is 2.16. The fourth-order valence-electron chi connectivity index (χ4n) is 0.355. The van der Waals surface area contributed by atoms with Crippen LogP contribution in [0.2, 0.25) is 0 Å². The molecule has 8 heavy (non-hydrogen) atoms. The van der Waals surface area contributed by atoms with Crippen molar-refractivity contribution in [2.75, 3.05) is 13.1 Å². The quantitative estimate of drug-likeness (QED) is 0.418. The van der Waals surface area contributed by atoms with Gasteiger partial charge in [0, 0.05) is 13.1 Å². The lowest BCUT2D eigenvalue weighted by molar-refractivity contribution is 0.213. The van der Waals surface area contributed by atoms with Crippen molar-refractivity contribution in [2.24, 2.45) is 0 Å². The second-order valence-corrected chi connectivity index (χ2v) is 2.29. The van der Waals surface area contributed by atoms with E-state index in [1.807, 2.05) is 0 Å². The highest BCUT2D eigenvalue weighted by Crippen LogP contribution is 2.13. The maximum atomic E-state index is 10.3. The Kier molecular flexibility index (Phi) is 1.69. The first kappa shape index (κ1) is 6.25. The van der Waals surface area contributed by atoms with Crippen molar-refractivity contribution in [3.63, 3.8) is 0 Å². The zero-order valence-electron chi connectivity index (χ0n) is 4.11. The highest BCUT2D eigenvalue weighted by molar-refractivity contribution is 7.98. The Morgan fingerprint density at radius 1 is 1.62 bits per heavy atom. The molecule has 1 saturated heterocycles. The van der Waals surface area contributed by atoms with Crippen LogP contribution in [0.25, 0.3) is 0 Å². The van der Waals surface area contributed by atoms with Crippen molar-refractivity contribution < 1.29 is 4.79 Å². The summed E-state index contributed by atoms with van der Waals surface area (Å²) in [5.41, 5.74) is 0. The van der Waals surface area contributed by atoms with Crippen molar-refractivity contribution in [2.45, 2.75) is 0 Å². The van der Waals surface area contributed by atoms with Crippen LogP contribution in [0.4, 0.5) is 4.79 Å². The number of rotatable bonds is 1. The normalized spacial score (nSPS) is 18.2. The van der Waals surface area contributed by atoms with Crippen LogP contribution in [0.5, 0.6) is 0 Å². The largest absolute Gasteiger partial charge is 0.303 e. The number of hydrogen-bond acceptors (Lipinski definition) is 3. The number of carbonyl (C=O) groups excluding carboxylic acids is 1. The van der Waals surface area contributed by atoms with Crippen molar-refractivity contribution in [3.05, 3.63) is 0 Å². The zero-order valence-corrected chi connectivity index (χ0v) is 5.90. The van der Waals surface area contributed by atoms with Gasteiger partial charge in [-0.05, 0) is 12.8 Å². The van der Waals surface area contributed by atoms with Crippen LogP contribution in [-0.2, 0) is 0 Å². The molecular formula is C3H6N2OS2. The zero-order chi connectivity index (χ0) is 6.15. The van der Waals surface area contributed by atoms with Gasteiger partial charge >= 0.3 is 5.24 Å². The number of nitrogens with zero attached hydrogens (tertiary/aromatic N) is 2. The number of hydrogen-bond donors (Lipinski definition) is 2. The Labute approximate surface area is 58.6 Å². The standard InChI is InChI=1S/C3H6N2OS2/c6-3(7)5(8)4-1-2-4/h8H,1-2H2,(H,6,7). The van der Waals surface area contributed by atoms with Gasteiger partial charge in [-0.1, -0.05) is 12.6 Å². The van der Waals surface area contributed by atoms with E-state index in [4.69, 9.17) is 0 Å². The minimum absolute atomic E-state index is 0.328. The van der Waals surface area contributed by atoms with Crippen LogP contribution in [0.15, 0.2) is 0 Å². The topological polar surface area (TPSA) is 23.3 Å². The smallest absolute Gasteiger partial charge is 0.260 e. The van der Waals surface area contributed by atoms with E-state index in [1.165, 1.54) is 4.41 Å². The molecule has 0 radical (unpaired) electrons. The SMILES string of the molecule is O=C(S)N(S)N1CC1. The third-order valence-electron chi connectivity index (χ3n) is 0.863. The van der Waals surface area contributed by atoms with Gasteiger partial charge < -0.3 is 0 Å². The molecule has 0 spiro atoms. The molecule has 0 N–H and O–H groups in total. The van der Waals surface area contributed by atoms with Gasteiger partial charge in [-0.15, -0.1) is 0 Å². The first-order chi connectivity index (χ1) is 3.72. The summed E-state index contributed by atoms with van der Waals surface area (Å²) in [6.45, 7) is 1.83. The van der Waals surface area contributed by atoms with E-state index >= 15 is 0 Å². The molecule has 1 aliphatic rings. The molecule has 0 atom stereocenters. The molecule has 5 heteroatoms. The highest BCUT2D eigenvalue weighted by atomic mass is 32.1. The molecule has 0 aliphatic carbocycles. The minimum atomic E-state index is -0.328. The van der Waals surface area contributed by atoms with E-state index in [0.29, 0.717) is 0 Å². The van der Waals surface area contributed by atoms with E-state index in [2.05, 4.69) is 25.4 Å². The third kappa shape index (κ3) is 1.30. The molecule has 0 unspecified atom stereocenters. The lowest BCUT2D eigenvalue weighted by Gasteiger charge is -2.10. The number of amides is 1. The number of hydrazine groups is 1. The maximum Gasteiger partial charge on any atom is 0.303 e. The van der Waals surface area contributed by atoms with Gasteiger partial charge in [0.15, 0.2) is 0 Å². The van der Waals surface area contributed by atoms with Crippen LogP contribution >= 0.6 is 25.4 Å². The highest BCUT2D eigenvalue weighted by Gasteiger charge is 2.25. The van der Waals surface area contributed by atoms with Crippen molar-refractivity contribution >= 4 is 30.7 Å². The molecule has 1 heterocycles. The third-order valence-corrected chi connectivity index (χ3v) is 1.64. The van der Waals surface area contributed by atoms with Crippen LogP contribution in [-0.4, -0.2) is 27.8 Å². The van der Waals surface area contributed by atoms with Gasteiger partial charge in [-0.3, -0.25) is 4.79 Å². The predicted octanol–water partition coefficient (Wildman–Crippen LogP) is 0.414. The average Bonchev–Trinajstić information content (AvgIpc) is 2.43. The molecule has 0 aromatic rings. The molecule has 3 nitrogen and oxygen atoms in total. The van der Waals surface area contributed by atoms with Crippen LogP contribution in [0, 0.1) is 0 Å². The van der Waals surface area contributed by atoms with E-state index in [1.54, 1.807) is 5.01 Å². The Bertz CT molecular complexity index is 114. The Balaban J connectivity index is 2.32. The van der Waals surface area contributed by atoms with Gasteiger partial charge in [-0.25, -0.2) is 9.42 Å². The van der Waals surface area contributed by atoms with Gasteiger partial charge in [0.2, 0.25) is 0 Å². The van der Waals surface area contributed by atoms with Gasteiger partial charge in [0.25, 0.3) is 0 Å². The molecule has 46 valence electrons. The monoisotopic (exact) mass is 150 g/mol. The van der Waals surface area contributed by atoms with Crippen molar-refractivity contribution in [1.82, 2.24) is 9.42 Å². The van der Waals surface area contributed by atoms with Gasteiger partial charge in [-0.2, -0.15) is 0 Å². The van der Waals surface area contributed by atoms with Crippen LogP contribution in [0.3, 0.4) is 0 Å². The van der Waals surface area contributed by atoms with Crippen LogP contribution in [0.1, 0.15) is 0 Å². The lowest BCUT2D eigenvalue weighted by atomic mass is 11.0. The Morgan fingerprint density at radius 2 is 2.12 bits per heavy atom. The van der Waals surface area contributed by atoms with Crippen LogP contribution < -0.4 is 0 Å². The average molecular weight is 150 g/mol. The maximum absolute atomic E-state index is 10.3. The summed E-state index contributed by atoms with van der Waals surface area (Å²) in [5.74, 6) is 0. The van der Waals surface area contributed by atoms with Crippen molar-refractivity contribution in [3.8, 4) is 0 Å². The first-order valence-corrected chi connectivity index (χ1v) is 3.03. The molecule has 1 fully saturated rings. The van der Waals surface area contributed by atoms with Gasteiger partial charge in [0.1, 0.15) is 0 Å². The molecular weight excluding hydrogens is 144 g/mol. The molecule has 1 aliphatic heterocycles. The minimum Gasteiger partial charge on any atom is -0.260 e. The summed E-state index contributed by atoms with van der Waals surface area (Å²) < 4.78 is 1.20. The Morgan fingerprint density at radius 3 is 2.25 bits per heavy atom. The summed E-state index contributed by atoms with van der Waals surface area (Å²) in [5, 5.41) is 1.43. The fraction of sp³-hybridized carbons (Fsp3) is 0.667. The second-order valence-electron chi connectivity index (χ2n) is 1.53. The summed E-state index contributed by atoms with van der Waals surface area (Å²) in [4.78, 5) is 10.3. The van der Waals surface area contributed by atoms with E-state index < -0.39 is 0 Å². The van der Waals surface area contributed by atoms with E-state index in [0.717, 1.165) is 13.1 Å². The predicted molar refractivity (Wildman–Crippen MR) is 36.8 cm³/mol. The molecule has 1 rings (SSSR count). The lowest BCUT2D eigenvalue weighted by Crippen LogP contribution is -2.21. The van der Waals surface area contributed by atoms with Gasteiger partial charge in [0.05, 0.1) is 0 Å². The molecule has 0 bridgehead atoms. The molecule has 0 saturated carbocycles. The summed E-state index contributed by atoms with van der Waals surface area (Å²) in [6.07, 6.45) is 0. The number of thiol groups is 2. The van der Waals surface area contributed by atoms with Crippen molar-refractivity contribution in [1.29, 1.82) is 0 Å². The number of carbonyl (C=O) groups is 1. The van der Waals surface area contributed by atoms with E-state index in [9.17, 15) is 4.79 Å². The first-order valence-electron chi connectivity index (χ1n) is 2.18. The summed E-state index contributed by atoms with van der Waals surface area (Å²) in [7, 11) is 0. The molecule has 0 aromatic carbocycles.